The van der Waals surface area contributed by atoms with Crippen LogP contribution >= 0.6 is 11.6 Å². The highest BCUT2D eigenvalue weighted by molar-refractivity contribution is 6.31. The summed E-state index contributed by atoms with van der Waals surface area (Å²) in [5.41, 5.74) is -0.868. The largest absolute Gasteiger partial charge is 0.507 e. The number of benzene rings is 2. The number of likely N-dealkylation sites (N-methyl/N-ethyl adjacent to an activating group) is 1. The highest BCUT2D eigenvalue weighted by Gasteiger charge is 2.37. The Balaban J connectivity index is 1.88. The molecule has 1 fully saturated rings. The lowest BCUT2D eigenvalue weighted by Gasteiger charge is -2.25. The molecule has 1 aliphatic rings. The van der Waals surface area contributed by atoms with Gasteiger partial charge in [0.15, 0.2) is 0 Å². The Bertz CT molecular complexity index is 918. The molecule has 1 heterocycles. The first-order valence-electron chi connectivity index (χ1n) is 8.98. The number of halogens is 4. The van der Waals surface area contributed by atoms with Crippen molar-refractivity contribution in [1.29, 1.82) is 0 Å². The van der Waals surface area contributed by atoms with E-state index in [0.29, 0.717) is 13.1 Å². The molecule has 9 heteroatoms. The van der Waals surface area contributed by atoms with Crippen LogP contribution < -0.4 is 10.2 Å². The molecule has 1 unspecified atom stereocenters. The van der Waals surface area contributed by atoms with Crippen LogP contribution in [0.25, 0.3) is 0 Å². The Morgan fingerprint density at radius 2 is 1.97 bits per heavy atom. The van der Waals surface area contributed by atoms with E-state index in [9.17, 15) is 23.1 Å². The summed E-state index contributed by atoms with van der Waals surface area (Å²) in [6.45, 7) is 1.02. The van der Waals surface area contributed by atoms with Crippen molar-refractivity contribution >= 4 is 28.9 Å². The summed E-state index contributed by atoms with van der Waals surface area (Å²) in [6, 6.07) is 7.79. The number of aromatic hydroxyl groups is 1. The minimum Gasteiger partial charge on any atom is -0.507 e. The van der Waals surface area contributed by atoms with E-state index in [1.165, 1.54) is 30.3 Å². The van der Waals surface area contributed by atoms with Crippen LogP contribution in [0.5, 0.6) is 5.75 Å². The van der Waals surface area contributed by atoms with Crippen LogP contribution in [-0.2, 0) is 6.18 Å². The van der Waals surface area contributed by atoms with Crippen molar-refractivity contribution < 1.29 is 23.1 Å². The first-order chi connectivity index (χ1) is 13.6. The van der Waals surface area contributed by atoms with Crippen LogP contribution in [0.2, 0.25) is 5.02 Å². The summed E-state index contributed by atoms with van der Waals surface area (Å²) >= 11 is 5.83. The number of anilines is 2. The third kappa shape index (κ3) is 4.76. The highest BCUT2D eigenvalue weighted by atomic mass is 35.5. The zero-order valence-corrected chi connectivity index (χ0v) is 16.7. The van der Waals surface area contributed by atoms with Crippen molar-refractivity contribution in [2.24, 2.45) is 0 Å². The minimum atomic E-state index is -4.58. The van der Waals surface area contributed by atoms with Crippen LogP contribution in [0.3, 0.4) is 0 Å². The van der Waals surface area contributed by atoms with E-state index in [0.717, 1.165) is 12.5 Å². The van der Waals surface area contributed by atoms with Crippen LogP contribution in [0, 0.1) is 0 Å². The van der Waals surface area contributed by atoms with Gasteiger partial charge >= 0.3 is 6.18 Å². The number of phenolic OH excluding ortho intramolecular Hbond substituents is 1. The maximum absolute atomic E-state index is 13.7. The van der Waals surface area contributed by atoms with Gasteiger partial charge in [-0.05, 0) is 56.9 Å². The van der Waals surface area contributed by atoms with E-state index >= 15 is 0 Å². The Morgan fingerprint density at radius 1 is 1.24 bits per heavy atom. The average Bonchev–Trinajstić information content (AvgIpc) is 3.13. The standard InChI is InChI=1S/C20H21ClF3N3O2/c1-26(2)14-7-8-27(11-14)17-5-4-13(10-16(17)20(22,23)24)25-19(29)15-9-12(21)3-6-18(15)28/h3-6,9-10,14,28H,7-8,11H2,1-2H3,(H,25,29). The fourth-order valence-electron chi connectivity index (χ4n) is 3.39. The van der Waals surface area contributed by atoms with Crippen molar-refractivity contribution in [3.05, 3.63) is 52.5 Å². The number of phenols is 1. The van der Waals surface area contributed by atoms with Crippen molar-refractivity contribution in [2.45, 2.75) is 18.6 Å². The van der Waals surface area contributed by atoms with E-state index in [-0.39, 0.29) is 33.8 Å². The Labute approximate surface area is 171 Å². The third-order valence-corrected chi connectivity index (χ3v) is 5.23. The second-order valence-corrected chi connectivity index (χ2v) is 7.63. The summed E-state index contributed by atoms with van der Waals surface area (Å²) < 4.78 is 41.1. The molecule has 2 N–H and O–H groups in total. The van der Waals surface area contributed by atoms with Gasteiger partial charge in [-0.25, -0.2) is 0 Å². The normalized spacial score (nSPS) is 17.1. The fraction of sp³-hybridized carbons (Fsp3) is 0.350. The summed E-state index contributed by atoms with van der Waals surface area (Å²) in [5.74, 6) is -1.06. The number of hydrogen-bond acceptors (Lipinski definition) is 4. The van der Waals surface area contributed by atoms with Gasteiger partial charge < -0.3 is 20.2 Å². The monoisotopic (exact) mass is 427 g/mol. The predicted molar refractivity (Wildman–Crippen MR) is 107 cm³/mol. The molecular weight excluding hydrogens is 407 g/mol. The lowest BCUT2D eigenvalue weighted by atomic mass is 10.1. The van der Waals surface area contributed by atoms with Gasteiger partial charge in [-0.15, -0.1) is 0 Å². The van der Waals surface area contributed by atoms with Crippen LogP contribution in [0.15, 0.2) is 36.4 Å². The smallest absolute Gasteiger partial charge is 0.418 e. The highest BCUT2D eigenvalue weighted by Crippen LogP contribution is 2.39. The lowest BCUT2D eigenvalue weighted by molar-refractivity contribution is -0.137. The molecule has 1 atom stereocenters. The van der Waals surface area contributed by atoms with E-state index in [4.69, 9.17) is 11.6 Å². The van der Waals surface area contributed by atoms with Crippen molar-refractivity contribution in [2.75, 3.05) is 37.4 Å². The second-order valence-electron chi connectivity index (χ2n) is 7.20. The van der Waals surface area contributed by atoms with Crippen LogP contribution in [0.4, 0.5) is 24.5 Å². The number of amides is 1. The average molecular weight is 428 g/mol. The summed E-state index contributed by atoms with van der Waals surface area (Å²) in [6.07, 6.45) is -3.80. The molecular formula is C20H21ClF3N3O2. The van der Waals surface area contributed by atoms with E-state index in [1.54, 1.807) is 4.90 Å². The molecule has 156 valence electrons. The maximum Gasteiger partial charge on any atom is 0.418 e. The molecule has 2 aromatic rings. The van der Waals surface area contributed by atoms with Gasteiger partial charge in [0.2, 0.25) is 0 Å². The zero-order chi connectivity index (χ0) is 21.3. The van der Waals surface area contributed by atoms with Gasteiger partial charge in [0.1, 0.15) is 5.75 Å². The molecule has 29 heavy (non-hydrogen) atoms. The van der Waals surface area contributed by atoms with Gasteiger partial charge in [0.25, 0.3) is 5.91 Å². The van der Waals surface area contributed by atoms with Crippen molar-refractivity contribution in [3.8, 4) is 5.75 Å². The second kappa shape index (κ2) is 8.12. The first-order valence-corrected chi connectivity index (χ1v) is 9.36. The van der Waals surface area contributed by atoms with Gasteiger partial charge in [-0.3, -0.25) is 4.79 Å². The molecule has 1 amide bonds. The molecule has 5 nitrogen and oxygen atoms in total. The molecule has 0 aliphatic carbocycles. The number of carbonyl (C=O) groups excluding carboxylic acids is 1. The maximum atomic E-state index is 13.7. The molecule has 3 rings (SSSR count). The summed E-state index contributed by atoms with van der Waals surface area (Å²) in [5, 5.41) is 12.4. The van der Waals surface area contributed by atoms with E-state index < -0.39 is 17.6 Å². The van der Waals surface area contributed by atoms with Crippen molar-refractivity contribution in [3.63, 3.8) is 0 Å². The molecule has 2 aromatic carbocycles. The first kappa shape index (κ1) is 21.3. The number of nitrogens with zero attached hydrogens (tertiary/aromatic N) is 2. The van der Waals surface area contributed by atoms with Gasteiger partial charge in [-0.1, -0.05) is 11.6 Å². The molecule has 0 spiro atoms. The molecule has 0 radical (unpaired) electrons. The zero-order valence-electron chi connectivity index (χ0n) is 15.9. The van der Waals surface area contributed by atoms with Crippen molar-refractivity contribution in [1.82, 2.24) is 4.90 Å². The van der Waals surface area contributed by atoms with Gasteiger partial charge in [0.05, 0.1) is 11.1 Å². The molecule has 1 aliphatic heterocycles. The summed E-state index contributed by atoms with van der Waals surface area (Å²) in [7, 11) is 3.81. The van der Waals surface area contributed by atoms with Gasteiger partial charge in [-0.2, -0.15) is 13.2 Å². The quantitative estimate of drug-likeness (QED) is 0.756. The number of hydrogen-bond donors (Lipinski definition) is 2. The Morgan fingerprint density at radius 3 is 2.59 bits per heavy atom. The Kier molecular flexibility index (Phi) is 5.95. The third-order valence-electron chi connectivity index (χ3n) is 5.00. The number of rotatable bonds is 4. The topological polar surface area (TPSA) is 55.8 Å². The fourth-order valence-corrected chi connectivity index (χ4v) is 3.56. The van der Waals surface area contributed by atoms with E-state index in [2.05, 4.69) is 5.32 Å². The minimum absolute atomic E-state index is 0.0196. The molecule has 0 aromatic heterocycles. The number of carbonyl (C=O) groups is 1. The molecule has 0 saturated carbocycles. The van der Waals surface area contributed by atoms with Crippen LogP contribution in [-0.4, -0.2) is 49.1 Å². The predicted octanol–water partition coefficient (Wildman–Crippen LogP) is 4.46. The number of alkyl halides is 3. The number of nitrogens with one attached hydrogen (secondary N) is 1. The van der Waals surface area contributed by atoms with Gasteiger partial charge in [0, 0.05) is 35.5 Å². The Hall–Kier alpha value is -2.45. The molecule has 1 saturated heterocycles. The SMILES string of the molecule is CN(C)C1CCN(c2ccc(NC(=O)c3cc(Cl)ccc3O)cc2C(F)(F)F)C1. The lowest BCUT2D eigenvalue weighted by Crippen LogP contribution is -2.32. The van der Waals surface area contributed by atoms with E-state index in [1.807, 2.05) is 19.0 Å². The summed E-state index contributed by atoms with van der Waals surface area (Å²) in [4.78, 5) is 16.1. The molecule has 0 bridgehead atoms. The van der Waals surface area contributed by atoms with Crippen LogP contribution in [0.1, 0.15) is 22.3 Å².